The van der Waals surface area contributed by atoms with Crippen LogP contribution in [0.3, 0.4) is 0 Å². The average Bonchev–Trinajstić information content (AvgIpc) is 2.28. The van der Waals surface area contributed by atoms with Crippen LogP contribution >= 0.6 is 15.9 Å². The largest absolute Gasteiger partial charge is 0.465 e. The highest BCUT2D eigenvalue weighted by Crippen LogP contribution is 2.31. The maximum Gasteiger partial charge on any atom is 0.339 e. The molecule has 2 N–H and O–H groups in total. The van der Waals surface area contributed by atoms with Gasteiger partial charge in [-0.25, -0.2) is 4.79 Å². The fraction of sp³-hybridized carbons (Fsp3) is 0.0909. The van der Waals surface area contributed by atoms with Gasteiger partial charge in [0.1, 0.15) is 0 Å². The molecule has 5 heteroatoms. The number of aromatic nitrogens is 1. The lowest BCUT2D eigenvalue weighted by Gasteiger charge is -2.07. The smallest absolute Gasteiger partial charge is 0.339 e. The van der Waals surface area contributed by atoms with Crippen LogP contribution in [0.4, 0.5) is 5.69 Å². The number of rotatable bonds is 1. The van der Waals surface area contributed by atoms with E-state index in [0.29, 0.717) is 15.7 Å². The normalized spacial score (nSPS) is 10.4. The predicted octanol–water partition coefficient (Wildman–Crippen LogP) is 2.37. The van der Waals surface area contributed by atoms with Crippen molar-refractivity contribution in [3.63, 3.8) is 0 Å². The number of fused-ring (bicyclic) bond motifs is 1. The van der Waals surface area contributed by atoms with Crippen molar-refractivity contribution in [2.75, 3.05) is 12.8 Å². The second-order valence-corrected chi connectivity index (χ2v) is 4.01. The summed E-state index contributed by atoms with van der Waals surface area (Å²) >= 11 is 3.35. The molecular weight excluding hydrogens is 272 g/mol. The molecule has 0 aliphatic rings. The molecule has 0 radical (unpaired) electrons. The van der Waals surface area contributed by atoms with E-state index in [9.17, 15) is 4.79 Å². The number of nitrogens with zero attached hydrogens (tertiary/aromatic N) is 1. The maximum atomic E-state index is 11.5. The van der Waals surface area contributed by atoms with Gasteiger partial charge in [0, 0.05) is 21.7 Å². The molecule has 2 rings (SSSR count). The monoisotopic (exact) mass is 280 g/mol. The van der Waals surface area contributed by atoms with E-state index < -0.39 is 5.97 Å². The molecule has 1 heterocycles. The van der Waals surface area contributed by atoms with E-state index in [0.717, 1.165) is 10.9 Å². The second-order valence-electron chi connectivity index (χ2n) is 3.21. The number of benzene rings is 1. The number of nitrogens with two attached hydrogens (primary N) is 1. The number of nitrogen functional groups attached to an aromatic ring is 1. The Morgan fingerprint density at radius 1 is 1.44 bits per heavy atom. The van der Waals surface area contributed by atoms with Crippen LogP contribution in [0, 0.1) is 0 Å². The zero-order valence-electron chi connectivity index (χ0n) is 8.53. The number of carbonyl (C=O) groups excluding carboxylic acids is 1. The van der Waals surface area contributed by atoms with Gasteiger partial charge in [-0.1, -0.05) is 0 Å². The van der Waals surface area contributed by atoms with Crippen LogP contribution in [-0.4, -0.2) is 18.1 Å². The van der Waals surface area contributed by atoms with Crippen molar-refractivity contribution in [2.45, 2.75) is 0 Å². The summed E-state index contributed by atoms with van der Waals surface area (Å²) in [6.07, 6.45) is 1.63. The minimum atomic E-state index is -0.406. The van der Waals surface area contributed by atoms with Gasteiger partial charge in [-0.05, 0) is 34.1 Å². The summed E-state index contributed by atoms with van der Waals surface area (Å²) in [7, 11) is 1.34. The second kappa shape index (κ2) is 4.09. The van der Waals surface area contributed by atoms with E-state index in [-0.39, 0.29) is 0 Å². The van der Waals surface area contributed by atoms with Crippen LogP contribution in [0.2, 0.25) is 0 Å². The van der Waals surface area contributed by atoms with Crippen molar-refractivity contribution in [3.8, 4) is 0 Å². The van der Waals surface area contributed by atoms with Gasteiger partial charge in [-0.15, -0.1) is 0 Å². The summed E-state index contributed by atoms with van der Waals surface area (Å²) in [5.41, 5.74) is 7.59. The number of methoxy groups -OCH3 is 1. The third kappa shape index (κ3) is 1.63. The molecule has 0 unspecified atom stereocenters. The number of halogens is 1. The standard InChI is InChI=1S/C11H9BrN2O2/c1-16-11(15)6-2-3-8-9(10(6)12)7(13)4-5-14-8/h2-5H,1H3,(H2,13,14). The van der Waals surface area contributed by atoms with Crippen LogP contribution in [-0.2, 0) is 4.74 Å². The Balaban J connectivity index is 2.78. The third-order valence-corrected chi connectivity index (χ3v) is 3.11. The fourth-order valence-corrected chi connectivity index (χ4v) is 2.22. The maximum absolute atomic E-state index is 11.5. The van der Waals surface area contributed by atoms with Crippen LogP contribution < -0.4 is 5.73 Å². The summed E-state index contributed by atoms with van der Waals surface area (Å²) in [5.74, 6) is -0.406. The molecule has 4 nitrogen and oxygen atoms in total. The van der Waals surface area contributed by atoms with Crippen molar-refractivity contribution < 1.29 is 9.53 Å². The first-order valence-electron chi connectivity index (χ1n) is 4.56. The first kappa shape index (κ1) is 10.9. The zero-order valence-corrected chi connectivity index (χ0v) is 10.1. The molecular formula is C11H9BrN2O2. The van der Waals surface area contributed by atoms with Crippen LogP contribution in [0.5, 0.6) is 0 Å². The minimum Gasteiger partial charge on any atom is -0.465 e. The van der Waals surface area contributed by atoms with Crippen LogP contribution in [0.1, 0.15) is 10.4 Å². The van der Waals surface area contributed by atoms with Crippen LogP contribution in [0.15, 0.2) is 28.9 Å². The van der Waals surface area contributed by atoms with Gasteiger partial charge in [-0.2, -0.15) is 0 Å². The highest BCUT2D eigenvalue weighted by Gasteiger charge is 2.14. The Morgan fingerprint density at radius 3 is 2.88 bits per heavy atom. The number of carbonyl (C=O) groups is 1. The fourth-order valence-electron chi connectivity index (χ4n) is 1.50. The quantitative estimate of drug-likeness (QED) is 0.815. The van der Waals surface area contributed by atoms with E-state index in [2.05, 4.69) is 25.7 Å². The summed E-state index contributed by atoms with van der Waals surface area (Å²) in [4.78, 5) is 15.6. The predicted molar refractivity (Wildman–Crippen MR) is 65.2 cm³/mol. The summed E-state index contributed by atoms with van der Waals surface area (Å²) in [6, 6.07) is 5.08. The lowest BCUT2D eigenvalue weighted by molar-refractivity contribution is 0.0600. The van der Waals surface area contributed by atoms with Gasteiger partial charge in [0.2, 0.25) is 0 Å². The Morgan fingerprint density at radius 2 is 2.19 bits per heavy atom. The van der Waals surface area contributed by atoms with Crippen molar-refractivity contribution in [3.05, 3.63) is 34.4 Å². The number of hydrogen-bond donors (Lipinski definition) is 1. The summed E-state index contributed by atoms with van der Waals surface area (Å²) in [5, 5.41) is 0.727. The van der Waals surface area contributed by atoms with Gasteiger partial charge >= 0.3 is 5.97 Å². The van der Waals surface area contributed by atoms with Gasteiger partial charge in [0.25, 0.3) is 0 Å². The number of anilines is 1. The molecule has 82 valence electrons. The highest BCUT2D eigenvalue weighted by atomic mass is 79.9. The Bertz CT molecular complexity index is 569. The molecule has 0 spiro atoms. The van der Waals surface area contributed by atoms with E-state index in [1.807, 2.05) is 0 Å². The first-order chi connectivity index (χ1) is 7.65. The molecule has 1 aromatic heterocycles. The van der Waals surface area contributed by atoms with Gasteiger partial charge in [0.05, 0.1) is 18.2 Å². The third-order valence-electron chi connectivity index (χ3n) is 2.28. The Hall–Kier alpha value is -1.62. The van der Waals surface area contributed by atoms with E-state index in [1.54, 1.807) is 24.4 Å². The number of pyridine rings is 1. The molecule has 0 amide bonds. The minimum absolute atomic E-state index is 0.406. The van der Waals surface area contributed by atoms with Crippen LogP contribution in [0.25, 0.3) is 10.9 Å². The summed E-state index contributed by atoms with van der Waals surface area (Å²) in [6.45, 7) is 0. The molecule has 2 aromatic rings. The van der Waals surface area contributed by atoms with E-state index in [4.69, 9.17) is 5.73 Å². The molecule has 0 bridgehead atoms. The first-order valence-corrected chi connectivity index (χ1v) is 5.35. The SMILES string of the molecule is COC(=O)c1ccc2nccc(N)c2c1Br. The molecule has 0 fully saturated rings. The van der Waals surface area contributed by atoms with Crippen molar-refractivity contribution in [2.24, 2.45) is 0 Å². The lowest BCUT2D eigenvalue weighted by Crippen LogP contribution is -2.03. The Labute approximate surface area is 101 Å². The average molecular weight is 281 g/mol. The molecule has 0 saturated carbocycles. The molecule has 0 aliphatic carbocycles. The summed E-state index contributed by atoms with van der Waals surface area (Å²) < 4.78 is 5.29. The topological polar surface area (TPSA) is 65.2 Å². The van der Waals surface area contributed by atoms with Gasteiger partial charge in [-0.3, -0.25) is 4.98 Å². The van der Waals surface area contributed by atoms with E-state index in [1.165, 1.54) is 7.11 Å². The molecule has 0 aliphatic heterocycles. The molecule has 0 saturated heterocycles. The Kier molecular flexibility index (Phi) is 2.78. The van der Waals surface area contributed by atoms with Crippen molar-refractivity contribution in [1.29, 1.82) is 0 Å². The van der Waals surface area contributed by atoms with Crippen molar-refractivity contribution in [1.82, 2.24) is 4.98 Å². The van der Waals surface area contributed by atoms with E-state index >= 15 is 0 Å². The van der Waals surface area contributed by atoms with Crippen molar-refractivity contribution >= 4 is 38.5 Å². The molecule has 0 atom stereocenters. The number of esters is 1. The zero-order chi connectivity index (χ0) is 11.7. The molecule has 16 heavy (non-hydrogen) atoms. The lowest BCUT2D eigenvalue weighted by atomic mass is 10.1. The number of hydrogen-bond acceptors (Lipinski definition) is 4. The van der Waals surface area contributed by atoms with Gasteiger partial charge < -0.3 is 10.5 Å². The van der Waals surface area contributed by atoms with Gasteiger partial charge in [0.15, 0.2) is 0 Å². The number of ether oxygens (including phenoxy) is 1. The highest BCUT2D eigenvalue weighted by molar-refractivity contribution is 9.10. The molecule has 1 aromatic carbocycles.